The summed E-state index contributed by atoms with van der Waals surface area (Å²) in [5.74, 6) is 0.441. The summed E-state index contributed by atoms with van der Waals surface area (Å²) in [6, 6.07) is 9.51. The summed E-state index contributed by atoms with van der Waals surface area (Å²) in [6.07, 6.45) is 3.29. The SMILES string of the molecule is O=[N+]([O-])c1ccc(-n2nnc(-c3cccnc3)n2)cc1. The standard InChI is InChI=1S/C12H8N6O2/c19-18(20)11-5-3-10(4-6-11)17-15-12(14-16-17)9-2-1-7-13-8-9/h1-8H. The van der Waals surface area contributed by atoms with E-state index >= 15 is 0 Å². The highest BCUT2D eigenvalue weighted by Gasteiger charge is 2.09. The molecule has 8 heteroatoms. The van der Waals surface area contributed by atoms with Gasteiger partial charge in [0.1, 0.15) is 0 Å². The first-order valence-electron chi connectivity index (χ1n) is 5.69. The number of tetrazole rings is 1. The molecule has 98 valence electrons. The third kappa shape index (κ3) is 2.21. The molecule has 0 fully saturated rings. The molecule has 0 saturated carbocycles. The van der Waals surface area contributed by atoms with Gasteiger partial charge in [0.05, 0.1) is 10.6 Å². The fourth-order valence-corrected chi connectivity index (χ4v) is 1.64. The number of nitrogens with zero attached hydrogens (tertiary/aromatic N) is 6. The fourth-order valence-electron chi connectivity index (χ4n) is 1.64. The van der Waals surface area contributed by atoms with Crippen LogP contribution in [0.5, 0.6) is 0 Å². The number of nitro groups is 1. The van der Waals surface area contributed by atoms with Crippen molar-refractivity contribution in [3.05, 3.63) is 58.9 Å². The molecule has 0 spiro atoms. The minimum Gasteiger partial charge on any atom is -0.264 e. The van der Waals surface area contributed by atoms with Crippen molar-refractivity contribution in [1.82, 2.24) is 25.2 Å². The van der Waals surface area contributed by atoms with E-state index in [2.05, 4.69) is 20.4 Å². The van der Waals surface area contributed by atoms with Gasteiger partial charge in [0.15, 0.2) is 0 Å². The predicted molar refractivity (Wildman–Crippen MR) is 69.0 cm³/mol. The molecule has 0 aliphatic heterocycles. The van der Waals surface area contributed by atoms with E-state index in [1.54, 1.807) is 30.6 Å². The second-order valence-electron chi connectivity index (χ2n) is 3.92. The number of rotatable bonds is 3. The minimum atomic E-state index is -0.459. The zero-order chi connectivity index (χ0) is 13.9. The van der Waals surface area contributed by atoms with Crippen LogP contribution in [-0.4, -0.2) is 30.1 Å². The second kappa shape index (κ2) is 4.84. The van der Waals surface area contributed by atoms with E-state index in [9.17, 15) is 10.1 Å². The number of benzene rings is 1. The van der Waals surface area contributed by atoms with Gasteiger partial charge in [0.25, 0.3) is 5.69 Å². The van der Waals surface area contributed by atoms with Crippen LogP contribution < -0.4 is 0 Å². The second-order valence-corrected chi connectivity index (χ2v) is 3.92. The van der Waals surface area contributed by atoms with Gasteiger partial charge in [0.2, 0.25) is 5.82 Å². The van der Waals surface area contributed by atoms with E-state index in [0.29, 0.717) is 11.5 Å². The van der Waals surface area contributed by atoms with E-state index in [4.69, 9.17) is 0 Å². The Morgan fingerprint density at radius 1 is 1.15 bits per heavy atom. The average Bonchev–Trinajstić information content (AvgIpc) is 2.98. The lowest BCUT2D eigenvalue weighted by molar-refractivity contribution is -0.384. The summed E-state index contributed by atoms with van der Waals surface area (Å²) in [7, 11) is 0. The largest absolute Gasteiger partial charge is 0.269 e. The van der Waals surface area contributed by atoms with Crippen molar-refractivity contribution in [2.24, 2.45) is 0 Å². The van der Waals surface area contributed by atoms with Crippen molar-refractivity contribution < 1.29 is 4.92 Å². The molecule has 0 radical (unpaired) electrons. The van der Waals surface area contributed by atoms with Crippen molar-refractivity contribution in [3.8, 4) is 17.1 Å². The van der Waals surface area contributed by atoms with Crippen LogP contribution in [0, 0.1) is 10.1 Å². The smallest absolute Gasteiger partial charge is 0.264 e. The minimum absolute atomic E-state index is 0.0151. The van der Waals surface area contributed by atoms with Crippen LogP contribution in [0.15, 0.2) is 48.8 Å². The molecule has 0 unspecified atom stereocenters. The molecule has 20 heavy (non-hydrogen) atoms. The highest BCUT2D eigenvalue weighted by molar-refractivity contribution is 5.51. The fraction of sp³-hybridized carbons (Fsp3) is 0. The average molecular weight is 268 g/mol. The van der Waals surface area contributed by atoms with Crippen LogP contribution in [0.2, 0.25) is 0 Å². The molecule has 0 bridgehead atoms. The molecule has 1 aromatic carbocycles. The molecule has 0 aliphatic rings. The Bertz CT molecular complexity index is 738. The lowest BCUT2D eigenvalue weighted by atomic mass is 10.3. The Hall–Kier alpha value is -3.16. The summed E-state index contributed by atoms with van der Waals surface area (Å²) in [5, 5.41) is 22.6. The summed E-state index contributed by atoms with van der Waals surface area (Å²) < 4.78 is 0. The third-order valence-electron chi connectivity index (χ3n) is 2.62. The summed E-state index contributed by atoms with van der Waals surface area (Å²) in [6.45, 7) is 0. The molecule has 0 atom stereocenters. The first kappa shape index (κ1) is 11.9. The van der Waals surface area contributed by atoms with Crippen molar-refractivity contribution in [3.63, 3.8) is 0 Å². The van der Waals surface area contributed by atoms with Crippen molar-refractivity contribution in [2.75, 3.05) is 0 Å². The first-order valence-corrected chi connectivity index (χ1v) is 5.69. The molecule has 0 saturated heterocycles. The van der Waals surface area contributed by atoms with Crippen LogP contribution in [-0.2, 0) is 0 Å². The Morgan fingerprint density at radius 3 is 2.60 bits per heavy atom. The van der Waals surface area contributed by atoms with Crippen LogP contribution in [0.1, 0.15) is 0 Å². The van der Waals surface area contributed by atoms with Gasteiger partial charge in [-0.2, -0.15) is 0 Å². The van der Waals surface area contributed by atoms with E-state index in [-0.39, 0.29) is 5.69 Å². The maximum atomic E-state index is 10.6. The third-order valence-corrected chi connectivity index (χ3v) is 2.62. The van der Waals surface area contributed by atoms with Gasteiger partial charge in [-0.3, -0.25) is 15.1 Å². The van der Waals surface area contributed by atoms with E-state index in [0.717, 1.165) is 5.56 Å². The highest BCUT2D eigenvalue weighted by Crippen LogP contribution is 2.15. The van der Waals surface area contributed by atoms with Gasteiger partial charge < -0.3 is 0 Å². The number of nitro benzene ring substituents is 1. The lowest BCUT2D eigenvalue weighted by Crippen LogP contribution is -1.99. The number of hydrogen-bond donors (Lipinski definition) is 0. The normalized spacial score (nSPS) is 10.4. The summed E-state index contributed by atoms with van der Waals surface area (Å²) in [4.78, 5) is 15.4. The molecule has 3 rings (SSSR count). The number of non-ortho nitro benzene ring substituents is 1. The number of hydrogen-bond acceptors (Lipinski definition) is 6. The van der Waals surface area contributed by atoms with Crippen LogP contribution in [0.3, 0.4) is 0 Å². The monoisotopic (exact) mass is 268 g/mol. The zero-order valence-electron chi connectivity index (χ0n) is 10.1. The maximum Gasteiger partial charge on any atom is 0.269 e. The van der Waals surface area contributed by atoms with E-state index in [1.165, 1.54) is 16.9 Å². The topological polar surface area (TPSA) is 99.6 Å². The molecular formula is C12H8N6O2. The Balaban J connectivity index is 1.92. The highest BCUT2D eigenvalue weighted by atomic mass is 16.6. The van der Waals surface area contributed by atoms with Gasteiger partial charge in [-0.05, 0) is 29.5 Å². The molecule has 2 heterocycles. The zero-order valence-corrected chi connectivity index (χ0v) is 10.1. The molecular weight excluding hydrogens is 260 g/mol. The summed E-state index contributed by atoms with van der Waals surface area (Å²) >= 11 is 0. The maximum absolute atomic E-state index is 10.6. The van der Waals surface area contributed by atoms with Gasteiger partial charge in [-0.25, -0.2) is 0 Å². The summed E-state index contributed by atoms with van der Waals surface area (Å²) in [5.41, 5.74) is 1.36. The predicted octanol–water partition coefficient (Wildman–Crippen LogP) is 1.63. The van der Waals surface area contributed by atoms with Crippen LogP contribution in [0.25, 0.3) is 17.1 Å². The van der Waals surface area contributed by atoms with Crippen molar-refractivity contribution >= 4 is 5.69 Å². The van der Waals surface area contributed by atoms with Gasteiger partial charge >= 0.3 is 0 Å². The number of aromatic nitrogens is 5. The van der Waals surface area contributed by atoms with Crippen LogP contribution >= 0.6 is 0 Å². The molecule has 8 nitrogen and oxygen atoms in total. The molecule has 0 amide bonds. The Morgan fingerprint density at radius 2 is 1.95 bits per heavy atom. The molecule has 0 aliphatic carbocycles. The van der Waals surface area contributed by atoms with E-state index in [1.807, 2.05) is 6.07 Å². The van der Waals surface area contributed by atoms with Gasteiger partial charge in [-0.1, -0.05) is 0 Å². The first-order chi connectivity index (χ1) is 9.74. The van der Waals surface area contributed by atoms with E-state index < -0.39 is 4.92 Å². The van der Waals surface area contributed by atoms with Crippen LogP contribution in [0.4, 0.5) is 5.69 Å². The molecule has 0 N–H and O–H groups in total. The van der Waals surface area contributed by atoms with Crippen molar-refractivity contribution in [2.45, 2.75) is 0 Å². The Kier molecular flexibility index (Phi) is 2.88. The lowest BCUT2D eigenvalue weighted by Gasteiger charge is -1.97. The van der Waals surface area contributed by atoms with Crippen molar-refractivity contribution in [1.29, 1.82) is 0 Å². The quantitative estimate of drug-likeness (QED) is 0.528. The number of pyridine rings is 1. The molecule has 3 aromatic rings. The van der Waals surface area contributed by atoms with Gasteiger partial charge in [0, 0.05) is 30.1 Å². The Labute approximate surface area is 112 Å². The van der Waals surface area contributed by atoms with Gasteiger partial charge in [-0.15, -0.1) is 15.0 Å². The molecule has 2 aromatic heterocycles.